The third-order valence-electron chi connectivity index (χ3n) is 3.08. The molecule has 0 bridgehead atoms. The molecule has 0 aliphatic heterocycles. The summed E-state index contributed by atoms with van der Waals surface area (Å²) in [6.07, 6.45) is 0. The first kappa shape index (κ1) is 14.1. The van der Waals surface area contributed by atoms with Gasteiger partial charge in [0.1, 0.15) is 5.69 Å². The largest absolute Gasteiger partial charge is 0.331 e. The molecule has 0 saturated carbocycles. The lowest BCUT2D eigenvalue weighted by Crippen LogP contribution is -2.37. The lowest BCUT2D eigenvalue weighted by atomic mass is 10.1. The van der Waals surface area contributed by atoms with Crippen molar-refractivity contribution < 1.29 is 4.79 Å². The Morgan fingerprint density at radius 1 is 1.10 bits per heavy atom. The number of hydrogen-bond acceptors (Lipinski definition) is 2. The van der Waals surface area contributed by atoms with Gasteiger partial charge in [-0.2, -0.15) is 0 Å². The van der Waals surface area contributed by atoms with E-state index in [1.807, 2.05) is 44.2 Å². The molecule has 0 fully saturated rings. The monoisotopic (exact) mass is 270 g/mol. The van der Waals surface area contributed by atoms with Gasteiger partial charge in [0.2, 0.25) is 5.56 Å². The van der Waals surface area contributed by atoms with Crippen LogP contribution in [0.15, 0.2) is 53.3 Å². The Balaban J connectivity index is 2.25. The van der Waals surface area contributed by atoms with E-state index in [9.17, 15) is 9.59 Å². The predicted octanol–water partition coefficient (Wildman–Crippen LogP) is 2.43. The molecule has 2 aromatic rings. The summed E-state index contributed by atoms with van der Waals surface area (Å²) < 4.78 is 0. The van der Waals surface area contributed by atoms with Crippen LogP contribution in [0.1, 0.15) is 29.9 Å². The topological polar surface area (TPSA) is 53.2 Å². The van der Waals surface area contributed by atoms with Crippen LogP contribution in [0.2, 0.25) is 0 Å². The number of benzene rings is 1. The maximum Gasteiger partial charge on any atom is 0.270 e. The standard InChI is InChI=1S/C16H18N2O2/c1-12(2)18(11-13-7-4-3-5-8-13)16(20)14-9-6-10-15(19)17-14/h3-10,12H,11H2,1-2H3,(H,17,19). The molecule has 0 spiro atoms. The zero-order valence-electron chi connectivity index (χ0n) is 11.7. The van der Waals surface area contributed by atoms with E-state index in [0.717, 1.165) is 5.56 Å². The Morgan fingerprint density at radius 2 is 1.80 bits per heavy atom. The Morgan fingerprint density at radius 3 is 2.40 bits per heavy atom. The molecule has 0 unspecified atom stereocenters. The fraction of sp³-hybridized carbons (Fsp3) is 0.250. The Hall–Kier alpha value is -2.36. The average Bonchev–Trinajstić information content (AvgIpc) is 2.45. The zero-order chi connectivity index (χ0) is 14.5. The molecule has 1 heterocycles. The van der Waals surface area contributed by atoms with Crippen LogP contribution in [0.4, 0.5) is 0 Å². The molecule has 20 heavy (non-hydrogen) atoms. The molecule has 1 aromatic carbocycles. The molecule has 0 saturated heterocycles. The van der Waals surface area contributed by atoms with E-state index < -0.39 is 0 Å². The van der Waals surface area contributed by atoms with E-state index >= 15 is 0 Å². The second-order valence-corrected chi connectivity index (χ2v) is 4.94. The van der Waals surface area contributed by atoms with Crippen molar-refractivity contribution in [3.8, 4) is 0 Å². The van der Waals surface area contributed by atoms with Gasteiger partial charge in [-0.05, 0) is 25.5 Å². The van der Waals surface area contributed by atoms with Crippen LogP contribution < -0.4 is 5.56 Å². The molecule has 4 nitrogen and oxygen atoms in total. The number of nitrogens with one attached hydrogen (secondary N) is 1. The zero-order valence-corrected chi connectivity index (χ0v) is 11.7. The summed E-state index contributed by atoms with van der Waals surface area (Å²) in [7, 11) is 0. The van der Waals surface area contributed by atoms with Gasteiger partial charge in [0.25, 0.3) is 5.91 Å². The van der Waals surface area contributed by atoms with E-state index in [0.29, 0.717) is 12.2 Å². The lowest BCUT2D eigenvalue weighted by molar-refractivity contribution is 0.0684. The number of carbonyl (C=O) groups is 1. The van der Waals surface area contributed by atoms with Gasteiger partial charge in [0, 0.05) is 18.7 Å². The highest BCUT2D eigenvalue weighted by Gasteiger charge is 2.19. The van der Waals surface area contributed by atoms with Crippen molar-refractivity contribution in [1.82, 2.24) is 9.88 Å². The normalized spacial score (nSPS) is 10.6. The molecule has 4 heteroatoms. The van der Waals surface area contributed by atoms with Crippen LogP contribution in [0.5, 0.6) is 0 Å². The minimum absolute atomic E-state index is 0.0476. The SMILES string of the molecule is CC(C)N(Cc1ccccc1)C(=O)c1cccc(=O)[nH]1. The predicted molar refractivity (Wildman–Crippen MR) is 78.5 cm³/mol. The molecule has 1 amide bonds. The molecule has 0 atom stereocenters. The first-order valence-electron chi connectivity index (χ1n) is 6.62. The average molecular weight is 270 g/mol. The maximum absolute atomic E-state index is 12.5. The molecule has 1 N–H and O–H groups in total. The summed E-state index contributed by atoms with van der Waals surface area (Å²) >= 11 is 0. The summed E-state index contributed by atoms with van der Waals surface area (Å²) in [5.41, 5.74) is 1.12. The molecule has 104 valence electrons. The highest BCUT2D eigenvalue weighted by Crippen LogP contribution is 2.11. The van der Waals surface area contributed by atoms with Crippen LogP contribution in [-0.4, -0.2) is 21.8 Å². The molecular weight excluding hydrogens is 252 g/mol. The summed E-state index contributed by atoms with van der Waals surface area (Å²) in [5, 5.41) is 0. The van der Waals surface area contributed by atoms with E-state index in [1.165, 1.54) is 6.07 Å². The van der Waals surface area contributed by atoms with Gasteiger partial charge in [0.05, 0.1) is 0 Å². The third-order valence-corrected chi connectivity index (χ3v) is 3.08. The van der Waals surface area contributed by atoms with Crippen molar-refractivity contribution in [2.24, 2.45) is 0 Å². The number of amides is 1. The van der Waals surface area contributed by atoms with Crippen LogP contribution in [0, 0.1) is 0 Å². The van der Waals surface area contributed by atoms with E-state index in [4.69, 9.17) is 0 Å². The van der Waals surface area contributed by atoms with Crippen LogP contribution in [-0.2, 0) is 6.54 Å². The number of aromatic amines is 1. The van der Waals surface area contributed by atoms with E-state index in [1.54, 1.807) is 17.0 Å². The first-order valence-corrected chi connectivity index (χ1v) is 6.62. The number of aromatic nitrogens is 1. The third kappa shape index (κ3) is 3.35. The highest BCUT2D eigenvalue weighted by molar-refractivity contribution is 5.92. The summed E-state index contributed by atoms with van der Waals surface area (Å²) in [5.74, 6) is -0.165. The molecular formula is C16H18N2O2. The fourth-order valence-corrected chi connectivity index (χ4v) is 2.00. The summed E-state index contributed by atoms with van der Waals surface area (Å²) in [6, 6.07) is 14.5. The van der Waals surface area contributed by atoms with Crippen molar-refractivity contribution in [2.75, 3.05) is 0 Å². The molecule has 2 rings (SSSR count). The van der Waals surface area contributed by atoms with Gasteiger partial charge >= 0.3 is 0 Å². The number of nitrogens with zero attached hydrogens (tertiary/aromatic N) is 1. The molecule has 0 aliphatic carbocycles. The molecule has 0 radical (unpaired) electrons. The number of H-pyrrole nitrogens is 1. The molecule has 0 aliphatic rings. The van der Waals surface area contributed by atoms with Gasteiger partial charge < -0.3 is 9.88 Å². The van der Waals surface area contributed by atoms with Crippen molar-refractivity contribution >= 4 is 5.91 Å². The maximum atomic E-state index is 12.5. The van der Waals surface area contributed by atoms with Crippen LogP contribution in [0.3, 0.4) is 0 Å². The summed E-state index contributed by atoms with van der Waals surface area (Å²) in [4.78, 5) is 28.1. The number of pyridine rings is 1. The Kier molecular flexibility index (Phi) is 4.35. The quantitative estimate of drug-likeness (QED) is 0.927. The number of carbonyl (C=O) groups excluding carboxylic acids is 1. The van der Waals surface area contributed by atoms with Crippen LogP contribution in [0.25, 0.3) is 0 Å². The van der Waals surface area contributed by atoms with Gasteiger partial charge in [0.15, 0.2) is 0 Å². The molecule has 1 aromatic heterocycles. The van der Waals surface area contributed by atoms with Crippen molar-refractivity contribution in [3.05, 3.63) is 70.1 Å². The van der Waals surface area contributed by atoms with E-state index in [-0.39, 0.29) is 17.5 Å². The second-order valence-electron chi connectivity index (χ2n) is 4.94. The van der Waals surface area contributed by atoms with Crippen molar-refractivity contribution in [1.29, 1.82) is 0 Å². The number of rotatable bonds is 4. The second kappa shape index (κ2) is 6.19. The van der Waals surface area contributed by atoms with Gasteiger partial charge in [-0.3, -0.25) is 9.59 Å². The Bertz CT molecular complexity index is 632. The number of hydrogen-bond donors (Lipinski definition) is 1. The Labute approximate surface area is 118 Å². The lowest BCUT2D eigenvalue weighted by Gasteiger charge is -2.26. The van der Waals surface area contributed by atoms with E-state index in [2.05, 4.69) is 4.98 Å². The van der Waals surface area contributed by atoms with Crippen LogP contribution >= 0.6 is 0 Å². The van der Waals surface area contributed by atoms with Gasteiger partial charge in [-0.25, -0.2) is 0 Å². The first-order chi connectivity index (χ1) is 9.58. The van der Waals surface area contributed by atoms with Crippen molar-refractivity contribution in [2.45, 2.75) is 26.4 Å². The van der Waals surface area contributed by atoms with Crippen molar-refractivity contribution in [3.63, 3.8) is 0 Å². The summed E-state index contributed by atoms with van der Waals surface area (Å²) in [6.45, 7) is 4.44. The highest BCUT2D eigenvalue weighted by atomic mass is 16.2. The van der Waals surface area contributed by atoms with Gasteiger partial charge in [-0.15, -0.1) is 0 Å². The fourth-order valence-electron chi connectivity index (χ4n) is 2.00. The van der Waals surface area contributed by atoms with Gasteiger partial charge in [-0.1, -0.05) is 36.4 Å². The minimum atomic E-state index is -0.265. The smallest absolute Gasteiger partial charge is 0.270 e. The minimum Gasteiger partial charge on any atom is -0.331 e.